The van der Waals surface area contributed by atoms with Gasteiger partial charge in [0.15, 0.2) is 0 Å². The molecule has 1 aromatic heterocycles. The molecule has 0 spiro atoms. The Morgan fingerprint density at radius 2 is 2.18 bits per heavy atom. The van der Waals surface area contributed by atoms with E-state index in [0.717, 1.165) is 12.3 Å². The lowest BCUT2D eigenvalue weighted by atomic mass is 10.5. The summed E-state index contributed by atoms with van der Waals surface area (Å²) in [5.74, 6) is 0. The fourth-order valence-electron chi connectivity index (χ4n) is 0.679. The molecule has 3 nitrogen and oxygen atoms in total. The van der Waals surface area contributed by atoms with E-state index in [1.54, 1.807) is 0 Å². The van der Waals surface area contributed by atoms with E-state index in [-0.39, 0.29) is 10.4 Å². The van der Waals surface area contributed by atoms with Crippen LogP contribution in [0.2, 0.25) is 0 Å². The Bertz CT molecular complexity index is 242. The Labute approximate surface area is 60.1 Å². The lowest BCUT2D eigenvalue weighted by Gasteiger charge is -2.07. The highest BCUT2D eigenvalue weighted by atomic mass is 19.4. The Kier molecular flexibility index (Phi) is 1.86. The molecule has 0 saturated carbocycles. The third-order valence-electron chi connectivity index (χ3n) is 1.12. The molecule has 0 bridgehead atoms. The van der Waals surface area contributed by atoms with Crippen LogP contribution in [0.25, 0.3) is 0 Å². The first-order valence-electron chi connectivity index (χ1n) is 2.76. The largest absolute Gasteiger partial charge is 0.504 e. The second kappa shape index (κ2) is 2.54. The topological polar surface area (TPSA) is 38.1 Å². The minimum Gasteiger partial charge on any atom is -0.390 e. The molecule has 62 valence electrons. The van der Waals surface area contributed by atoms with Crippen molar-refractivity contribution in [3.05, 3.63) is 18.0 Å². The summed E-state index contributed by atoms with van der Waals surface area (Å²) in [6, 6.07) is 1.10. The van der Waals surface area contributed by atoms with Crippen LogP contribution in [0.5, 0.6) is 0 Å². The second-order valence-corrected chi connectivity index (χ2v) is 1.86. The fraction of sp³-hybridized carbons (Fsp3) is 0.400. The molecule has 0 aliphatic heterocycles. The van der Waals surface area contributed by atoms with Crippen LogP contribution in [0.4, 0.5) is 13.2 Å². The van der Waals surface area contributed by atoms with E-state index >= 15 is 0 Å². The van der Waals surface area contributed by atoms with Crippen molar-refractivity contribution in [2.75, 3.05) is 0 Å². The quantitative estimate of drug-likeness (QED) is 0.671. The molecule has 0 aromatic carbocycles. The number of hydrogen-bond donors (Lipinski definition) is 1. The van der Waals surface area contributed by atoms with Gasteiger partial charge in [0.25, 0.3) is 0 Å². The van der Waals surface area contributed by atoms with E-state index in [9.17, 15) is 13.2 Å². The van der Waals surface area contributed by atoms with Crippen LogP contribution in [0.3, 0.4) is 0 Å². The van der Waals surface area contributed by atoms with Crippen LogP contribution in [0.1, 0.15) is 5.69 Å². The Hall–Kier alpha value is -1.04. The molecule has 0 atom stereocenters. The first-order valence-corrected chi connectivity index (χ1v) is 2.76. The molecular weight excluding hydrogens is 161 g/mol. The summed E-state index contributed by atoms with van der Waals surface area (Å²) in [4.78, 5) is 0. The van der Waals surface area contributed by atoms with Gasteiger partial charge in [0, 0.05) is 6.20 Å². The van der Waals surface area contributed by atoms with E-state index in [2.05, 4.69) is 5.10 Å². The first-order chi connectivity index (χ1) is 5.05. The molecule has 1 rings (SSSR count). The van der Waals surface area contributed by atoms with Gasteiger partial charge in [-0.25, -0.2) is 0 Å². The molecule has 0 saturated heterocycles. The smallest absolute Gasteiger partial charge is 0.390 e. The summed E-state index contributed by atoms with van der Waals surface area (Å²) in [5, 5.41) is 11.4. The van der Waals surface area contributed by atoms with E-state index in [1.807, 2.05) is 0 Å². The third-order valence-corrected chi connectivity index (χ3v) is 1.12. The van der Waals surface area contributed by atoms with Crippen LogP contribution in [-0.4, -0.2) is 14.9 Å². The molecule has 0 fully saturated rings. The normalized spacial score (nSPS) is 12.0. The number of rotatable bonds is 1. The molecule has 0 radical (unpaired) electrons. The highest BCUT2D eigenvalue weighted by Crippen LogP contribution is 2.22. The summed E-state index contributed by atoms with van der Waals surface area (Å²) in [5.41, 5.74) is -0.266. The third kappa shape index (κ3) is 1.51. The van der Waals surface area contributed by atoms with Crippen molar-refractivity contribution in [1.29, 1.82) is 0 Å². The van der Waals surface area contributed by atoms with Gasteiger partial charge < -0.3 is 5.11 Å². The molecule has 0 aliphatic carbocycles. The summed E-state index contributed by atoms with van der Waals surface area (Å²) in [7, 11) is 0. The lowest BCUT2D eigenvalue weighted by Crippen LogP contribution is -2.20. The number of halogens is 3. The molecule has 6 heteroatoms. The maximum absolute atomic E-state index is 11.9. The SMILES string of the molecule is OCc1ccnn1C(F)(F)F. The Morgan fingerprint density at radius 3 is 2.55 bits per heavy atom. The molecule has 1 heterocycles. The minimum absolute atomic E-state index is 0.174. The Balaban J connectivity index is 3.02. The van der Waals surface area contributed by atoms with E-state index in [0.29, 0.717) is 0 Å². The minimum atomic E-state index is -4.54. The maximum Gasteiger partial charge on any atom is 0.504 e. The average Bonchev–Trinajstić information content (AvgIpc) is 2.31. The van der Waals surface area contributed by atoms with Crippen molar-refractivity contribution in [2.24, 2.45) is 0 Å². The number of alkyl halides is 3. The van der Waals surface area contributed by atoms with Crippen LogP contribution >= 0.6 is 0 Å². The molecule has 1 aromatic rings. The zero-order valence-corrected chi connectivity index (χ0v) is 5.34. The lowest BCUT2D eigenvalue weighted by molar-refractivity contribution is -0.214. The van der Waals surface area contributed by atoms with Crippen LogP contribution in [0, 0.1) is 0 Å². The highest BCUT2D eigenvalue weighted by Gasteiger charge is 2.33. The summed E-state index contributed by atoms with van der Waals surface area (Å²) < 4.78 is 35.4. The zero-order chi connectivity index (χ0) is 8.48. The second-order valence-electron chi connectivity index (χ2n) is 1.86. The predicted octanol–water partition coefficient (Wildman–Crippen LogP) is 0.852. The van der Waals surface area contributed by atoms with Crippen molar-refractivity contribution in [2.45, 2.75) is 12.9 Å². The Morgan fingerprint density at radius 1 is 1.55 bits per heavy atom. The van der Waals surface area contributed by atoms with Crippen molar-refractivity contribution in [1.82, 2.24) is 9.78 Å². The number of hydrogen-bond acceptors (Lipinski definition) is 2. The van der Waals surface area contributed by atoms with E-state index in [1.165, 1.54) is 0 Å². The van der Waals surface area contributed by atoms with Crippen molar-refractivity contribution in [3.63, 3.8) is 0 Å². The average molecular weight is 166 g/mol. The van der Waals surface area contributed by atoms with Gasteiger partial charge in [-0.05, 0) is 6.07 Å². The first kappa shape index (κ1) is 8.06. The molecule has 11 heavy (non-hydrogen) atoms. The summed E-state index contributed by atoms with van der Waals surface area (Å²) >= 11 is 0. The van der Waals surface area contributed by atoms with E-state index in [4.69, 9.17) is 5.11 Å². The number of nitrogens with zero attached hydrogens (tertiary/aromatic N) is 2. The molecule has 0 unspecified atom stereocenters. The highest BCUT2D eigenvalue weighted by molar-refractivity contribution is 4.98. The van der Waals surface area contributed by atoms with Crippen molar-refractivity contribution >= 4 is 0 Å². The van der Waals surface area contributed by atoms with Gasteiger partial charge in [-0.2, -0.15) is 9.78 Å². The van der Waals surface area contributed by atoms with Gasteiger partial charge in [0.1, 0.15) is 0 Å². The van der Waals surface area contributed by atoms with Gasteiger partial charge in [-0.15, -0.1) is 13.2 Å². The molecule has 1 N–H and O–H groups in total. The number of aromatic nitrogens is 2. The van der Waals surface area contributed by atoms with Gasteiger partial charge >= 0.3 is 6.30 Å². The van der Waals surface area contributed by atoms with Crippen LogP contribution < -0.4 is 0 Å². The van der Waals surface area contributed by atoms with Gasteiger partial charge in [0.2, 0.25) is 0 Å². The van der Waals surface area contributed by atoms with E-state index < -0.39 is 12.9 Å². The summed E-state index contributed by atoms with van der Waals surface area (Å²) in [6.07, 6.45) is -3.55. The van der Waals surface area contributed by atoms with Crippen LogP contribution in [0.15, 0.2) is 12.3 Å². The predicted molar refractivity (Wildman–Crippen MR) is 29.4 cm³/mol. The fourth-order valence-corrected chi connectivity index (χ4v) is 0.679. The van der Waals surface area contributed by atoms with Gasteiger partial charge in [-0.1, -0.05) is 0 Å². The molecule has 0 aliphatic rings. The molecule has 0 amide bonds. The summed E-state index contributed by atoms with van der Waals surface area (Å²) in [6.45, 7) is -0.667. The standard InChI is InChI=1S/C5H5F3N2O/c6-5(7,8)10-4(3-11)1-2-9-10/h1-2,11H,3H2. The van der Waals surface area contributed by atoms with Crippen LogP contribution in [-0.2, 0) is 12.9 Å². The van der Waals surface area contributed by atoms with Crippen molar-refractivity contribution in [3.8, 4) is 0 Å². The zero-order valence-electron chi connectivity index (χ0n) is 5.34. The number of aliphatic hydroxyl groups excluding tert-OH is 1. The maximum atomic E-state index is 11.9. The monoisotopic (exact) mass is 166 g/mol. The van der Waals surface area contributed by atoms with Crippen molar-refractivity contribution < 1.29 is 18.3 Å². The van der Waals surface area contributed by atoms with Gasteiger partial charge in [0.05, 0.1) is 12.3 Å². The molecular formula is C5H5F3N2O. The van der Waals surface area contributed by atoms with Gasteiger partial charge in [-0.3, -0.25) is 0 Å². The number of aliphatic hydroxyl groups is 1.